The number of halogens is 1. The molecular weight excluding hydrogens is 318 g/mol. The van der Waals surface area contributed by atoms with E-state index in [2.05, 4.69) is 15.9 Å². The minimum absolute atomic E-state index is 0.0882. The van der Waals surface area contributed by atoms with Crippen LogP contribution in [0.4, 0.5) is 5.69 Å². The monoisotopic (exact) mass is 331 g/mol. The summed E-state index contributed by atoms with van der Waals surface area (Å²) in [6.07, 6.45) is 0.211. The molecule has 0 fully saturated rings. The summed E-state index contributed by atoms with van der Waals surface area (Å²) >= 11 is 3.15. The van der Waals surface area contributed by atoms with Crippen LogP contribution in [0.5, 0.6) is 5.75 Å². The van der Waals surface area contributed by atoms with Crippen molar-refractivity contribution in [1.29, 1.82) is 0 Å². The molecule has 1 aromatic rings. The summed E-state index contributed by atoms with van der Waals surface area (Å²) in [5, 5.41) is 10.7. The standard InChI is InChI=1S/C11H14BrN3O4/c1-11(14,10(13)16)2-3-19-9-5-7(12)4-8(6-9)15(17)18/h4-6H,2-3,14H2,1H3,(H2,13,16). The van der Waals surface area contributed by atoms with Gasteiger partial charge in [-0.25, -0.2) is 0 Å². The molecule has 0 spiro atoms. The minimum atomic E-state index is -1.17. The molecule has 7 nitrogen and oxygen atoms in total. The third-order valence-corrected chi connectivity index (χ3v) is 2.98. The number of nitrogens with zero attached hydrogens (tertiary/aromatic N) is 1. The first-order chi connectivity index (χ1) is 8.72. The number of hydrogen-bond donors (Lipinski definition) is 2. The number of non-ortho nitro benzene ring substituents is 1. The number of primary amides is 1. The summed E-state index contributed by atoms with van der Waals surface area (Å²) in [4.78, 5) is 21.2. The molecule has 0 aliphatic rings. The van der Waals surface area contributed by atoms with Crippen LogP contribution in [0.15, 0.2) is 22.7 Å². The number of nitrogens with two attached hydrogens (primary N) is 2. The average Bonchev–Trinajstić information content (AvgIpc) is 2.27. The molecule has 1 aromatic carbocycles. The van der Waals surface area contributed by atoms with Gasteiger partial charge in [0.25, 0.3) is 5.69 Å². The Balaban J connectivity index is 2.68. The molecule has 0 saturated heterocycles. The van der Waals surface area contributed by atoms with E-state index < -0.39 is 16.4 Å². The Labute approximate surface area is 118 Å². The quantitative estimate of drug-likeness (QED) is 0.601. The Morgan fingerprint density at radius 2 is 2.16 bits per heavy atom. The highest BCUT2D eigenvalue weighted by atomic mass is 79.9. The fourth-order valence-electron chi connectivity index (χ4n) is 1.24. The maximum atomic E-state index is 11.0. The van der Waals surface area contributed by atoms with Gasteiger partial charge in [-0.1, -0.05) is 15.9 Å². The van der Waals surface area contributed by atoms with Gasteiger partial charge in [0.2, 0.25) is 5.91 Å². The van der Waals surface area contributed by atoms with Gasteiger partial charge in [-0.2, -0.15) is 0 Å². The van der Waals surface area contributed by atoms with E-state index in [0.717, 1.165) is 0 Å². The first-order valence-electron chi connectivity index (χ1n) is 5.39. The average molecular weight is 332 g/mol. The van der Waals surface area contributed by atoms with E-state index in [0.29, 0.717) is 10.2 Å². The van der Waals surface area contributed by atoms with E-state index in [1.54, 1.807) is 6.07 Å². The summed E-state index contributed by atoms with van der Waals surface area (Å²) < 4.78 is 5.87. The highest BCUT2D eigenvalue weighted by Crippen LogP contribution is 2.26. The fraction of sp³-hybridized carbons (Fsp3) is 0.364. The smallest absolute Gasteiger partial charge is 0.274 e. The van der Waals surface area contributed by atoms with Crippen molar-refractivity contribution in [3.8, 4) is 5.75 Å². The molecule has 0 saturated carbocycles. The third kappa shape index (κ3) is 4.49. The number of benzene rings is 1. The molecule has 4 N–H and O–H groups in total. The molecule has 8 heteroatoms. The van der Waals surface area contributed by atoms with Gasteiger partial charge < -0.3 is 16.2 Å². The van der Waals surface area contributed by atoms with Crippen molar-refractivity contribution in [1.82, 2.24) is 0 Å². The lowest BCUT2D eigenvalue weighted by Gasteiger charge is -2.20. The van der Waals surface area contributed by atoms with Gasteiger partial charge in [0.15, 0.2) is 0 Å². The summed E-state index contributed by atoms with van der Waals surface area (Å²) in [5.74, 6) is -0.308. The van der Waals surface area contributed by atoms with Crippen molar-refractivity contribution in [3.05, 3.63) is 32.8 Å². The maximum absolute atomic E-state index is 11.0. The molecule has 1 unspecified atom stereocenters. The van der Waals surface area contributed by atoms with E-state index in [4.69, 9.17) is 16.2 Å². The zero-order chi connectivity index (χ0) is 14.6. The van der Waals surface area contributed by atoms with Crippen molar-refractivity contribution < 1.29 is 14.5 Å². The Morgan fingerprint density at radius 1 is 1.53 bits per heavy atom. The Kier molecular flexibility index (Phi) is 4.84. The Hall–Kier alpha value is -1.67. The highest BCUT2D eigenvalue weighted by molar-refractivity contribution is 9.10. The summed E-state index contributed by atoms with van der Waals surface area (Å²) in [5.41, 5.74) is 9.52. The number of amides is 1. The molecule has 0 aliphatic heterocycles. The normalized spacial score (nSPS) is 13.6. The van der Waals surface area contributed by atoms with Crippen LogP contribution in [0.25, 0.3) is 0 Å². The molecule has 1 rings (SSSR count). The topological polar surface area (TPSA) is 121 Å². The van der Waals surface area contributed by atoms with Crippen LogP contribution < -0.4 is 16.2 Å². The van der Waals surface area contributed by atoms with Crippen molar-refractivity contribution in [3.63, 3.8) is 0 Å². The van der Waals surface area contributed by atoms with Gasteiger partial charge in [-0.15, -0.1) is 0 Å². The molecule has 104 valence electrons. The van der Waals surface area contributed by atoms with E-state index in [9.17, 15) is 14.9 Å². The number of nitro groups is 1. The van der Waals surface area contributed by atoms with Crippen LogP contribution in [0.2, 0.25) is 0 Å². The van der Waals surface area contributed by atoms with Gasteiger partial charge in [0.05, 0.1) is 23.1 Å². The number of carbonyl (C=O) groups excluding carboxylic acids is 1. The van der Waals surface area contributed by atoms with Gasteiger partial charge in [-0.05, 0) is 13.0 Å². The van der Waals surface area contributed by atoms with Crippen molar-refractivity contribution in [2.24, 2.45) is 11.5 Å². The number of hydrogen-bond acceptors (Lipinski definition) is 5. The molecule has 0 aliphatic carbocycles. The Bertz CT molecular complexity index is 505. The maximum Gasteiger partial charge on any atom is 0.274 e. The fourth-order valence-corrected chi connectivity index (χ4v) is 1.70. The van der Waals surface area contributed by atoms with E-state index in [1.807, 2.05) is 0 Å². The van der Waals surface area contributed by atoms with Crippen LogP contribution in [0.3, 0.4) is 0 Å². The van der Waals surface area contributed by atoms with Crippen molar-refractivity contribution in [2.75, 3.05) is 6.61 Å². The second kappa shape index (κ2) is 5.98. The van der Waals surface area contributed by atoms with Gasteiger partial charge in [0.1, 0.15) is 5.75 Å². The molecule has 0 radical (unpaired) electrons. The lowest BCUT2D eigenvalue weighted by atomic mass is 9.99. The molecule has 0 heterocycles. The summed E-state index contributed by atoms with van der Waals surface area (Å²) in [6.45, 7) is 1.63. The first-order valence-corrected chi connectivity index (χ1v) is 6.18. The van der Waals surface area contributed by atoms with E-state index >= 15 is 0 Å². The van der Waals surface area contributed by atoms with Crippen molar-refractivity contribution >= 4 is 27.5 Å². The predicted molar refractivity (Wildman–Crippen MR) is 72.7 cm³/mol. The zero-order valence-electron chi connectivity index (χ0n) is 10.3. The predicted octanol–water partition coefficient (Wildman–Crippen LogP) is 1.33. The van der Waals surface area contributed by atoms with Crippen molar-refractivity contribution in [2.45, 2.75) is 18.9 Å². The molecule has 1 atom stereocenters. The summed E-state index contributed by atoms with van der Waals surface area (Å²) in [6, 6.07) is 4.25. The second-order valence-corrected chi connectivity index (χ2v) is 5.20. The third-order valence-electron chi connectivity index (χ3n) is 2.52. The zero-order valence-corrected chi connectivity index (χ0v) is 11.8. The summed E-state index contributed by atoms with van der Waals surface area (Å²) in [7, 11) is 0. The van der Waals surface area contributed by atoms with Crippen LogP contribution in [-0.2, 0) is 4.79 Å². The molecular formula is C11H14BrN3O4. The minimum Gasteiger partial charge on any atom is -0.493 e. The SMILES string of the molecule is CC(N)(CCOc1cc(Br)cc([N+](=O)[O-])c1)C(N)=O. The number of ether oxygens (including phenoxy) is 1. The van der Waals surface area contributed by atoms with Gasteiger partial charge >= 0.3 is 0 Å². The van der Waals surface area contributed by atoms with E-state index in [-0.39, 0.29) is 18.7 Å². The largest absolute Gasteiger partial charge is 0.493 e. The van der Waals surface area contributed by atoms with Crippen LogP contribution in [-0.4, -0.2) is 23.0 Å². The Morgan fingerprint density at radius 3 is 2.68 bits per heavy atom. The number of rotatable bonds is 6. The van der Waals surface area contributed by atoms with Crippen LogP contribution in [0.1, 0.15) is 13.3 Å². The van der Waals surface area contributed by atoms with Gasteiger partial charge in [-0.3, -0.25) is 14.9 Å². The molecule has 1 amide bonds. The van der Waals surface area contributed by atoms with E-state index in [1.165, 1.54) is 19.1 Å². The molecule has 19 heavy (non-hydrogen) atoms. The highest BCUT2D eigenvalue weighted by Gasteiger charge is 2.25. The second-order valence-electron chi connectivity index (χ2n) is 4.28. The lowest BCUT2D eigenvalue weighted by molar-refractivity contribution is -0.385. The van der Waals surface area contributed by atoms with Crippen LogP contribution >= 0.6 is 15.9 Å². The lowest BCUT2D eigenvalue weighted by Crippen LogP contribution is -2.50. The first kappa shape index (κ1) is 15.4. The number of nitro benzene ring substituents is 1. The molecule has 0 bridgehead atoms. The number of carbonyl (C=O) groups is 1. The molecule has 0 aromatic heterocycles. The van der Waals surface area contributed by atoms with Crippen LogP contribution in [0, 0.1) is 10.1 Å². The van der Waals surface area contributed by atoms with Gasteiger partial charge in [0, 0.05) is 17.0 Å².